The smallest absolute Gasteiger partial charge is 0.335 e. The van der Waals surface area contributed by atoms with E-state index >= 15 is 0 Å². The van der Waals surface area contributed by atoms with Gasteiger partial charge in [0.25, 0.3) is 0 Å². The Kier molecular flexibility index (Phi) is 4.66. The van der Waals surface area contributed by atoms with Crippen LogP contribution in [-0.4, -0.2) is 35.2 Å². The third kappa shape index (κ3) is 3.29. The average molecular weight is 237 g/mol. The third-order valence-corrected chi connectivity index (χ3v) is 2.35. The highest BCUT2D eigenvalue weighted by Gasteiger charge is 2.13. The lowest BCUT2D eigenvalue weighted by molar-refractivity contribution is -0.118. The fourth-order valence-corrected chi connectivity index (χ4v) is 1.47. The van der Waals surface area contributed by atoms with Crippen LogP contribution in [0.5, 0.6) is 0 Å². The van der Waals surface area contributed by atoms with Gasteiger partial charge >= 0.3 is 5.97 Å². The summed E-state index contributed by atoms with van der Waals surface area (Å²) in [6.07, 6.45) is 0.334. The van der Waals surface area contributed by atoms with Gasteiger partial charge in [0, 0.05) is 18.7 Å². The van der Waals surface area contributed by atoms with Gasteiger partial charge in [-0.1, -0.05) is 6.92 Å². The van der Waals surface area contributed by atoms with Crippen molar-refractivity contribution in [2.45, 2.75) is 13.3 Å². The van der Waals surface area contributed by atoms with Crippen LogP contribution in [-0.2, 0) is 4.79 Å². The highest BCUT2D eigenvalue weighted by atomic mass is 16.4. The number of amides is 1. The van der Waals surface area contributed by atoms with Gasteiger partial charge in [-0.05, 0) is 24.3 Å². The molecule has 0 aliphatic heterocycles. The molecule has 0 spiro atoms. The normalized spacial score (nSPS) is 10.0. The molecule has 0 aromatic heterocycles. The van der Waals surface area contributed by atoms with E-state index in [0.29, 0.717) is 12.1 Å². The van der Waals surface area contributed by atoms with Crippen LogP contribution in [0, 0.1) is 0 Å². The average Bonchev–Trinajstić information content (AvgIpc) is 2.35. The molecule has 0 saturated carbocycles. The predicted octanol–water partition coefficient (Wildman–Crippen LogP) is 1.12. The largest absolute Gasteiger partial charge is 0.478 e. The first-order chi connectivity index (χ1) is 8.10. The van der Waals surface area contributed by atoms with Crippen molar-refractivity contribution in [3.8, 4) is 0 Å². The van der Waals surface area contributed by atoms with E-state index in [1.54, 1.807) is 19.1 Å². The minimum absolute atomic E-state index is 0.109. The van der Waals surface area contributed by atoms with E-state index < -0.39 is 5.97 Å². The zero-order chi connectivity index (χ0) is 12.8. The molecule has 0 unspecified atom stereocenters. The molecular formula is C12H15NO4. The maximum absolute atomic E-state index is 11.6. The van der Waals surface area contributed by atoms with Crippen molar-refractivity contribution in [3.05, 3.63) is 29.8 Å². The number of hydrogen-bond donors (Lipinski definition) is 2. The molecule has 17 heavy (non-hydrogen) atoms. The van der Waals surface area contributed by atoms with Crippen LogP contribution in [0.4, 0.5) is 5.69 Å². The van der Waals surface area contributed by atoms with E-state index in [4.69, 9.17) is 10.2 Å². The Bertz CT molecular complexity index is 399. The lowest BCUT2D eigenvalue weighted by Gasteiger charge is -2.21. The van der Waals surface area contributed by atoms with Crippen molar-refractivity contribution in [1.29, 1.82) is 0 Å². The Labute approximate surface area is 99.3 Å². The highest BCUT2D eigenvalue weighted by Crippen LogP contribution is 2.16. The van der Waals surface area contributed by atoms with Gasteiger partial charge in [0.15, 0.2) is 0 Å². The fourth-order valence-electron chi connectivity index (χ4n) is 1.47. The lowest BCUT2D eigenvalue weighted by atomic mass is 10.2. The number of aliphatic hydroxyl groups excluding tert-OH is 1. The first kappa shape index (κ1) is 13.2. The zero-order valence-electron chi connectivity index (χ0n) is 9.59. The van der Waals surface area contributed by atoms with Crippen molar-refractivity contribution >= 4 is 17.6 Å². The second-order valence-corrected chi connectivity index (χ2v) is 3.47. The summed E-state index contributed by atoms with van der Waals surface area (Å²) >= 11 is 0. The molecule has 0 atom stereocenters. The molecule has 0 radical (unpaired) electrons. The standard InChI is InChI=1S/C12H15NO4/c1-2-11(15)13(7-8-14)10-5-3-9(4-6-10)12(16)17/h3-6,14H,2,7-8H2,1H3,(H,16,17). The van der Waals surface area contributed by atoms with Gasteiger partial charge in [-0.3, -0.25) is 4.79 Å². The summed E-state index contributed by atoms with van der Waals surface area (Å²) in [5.41, 5.74) is 0.762. The zero-order valence-corrected chi connectivity index (χ0v) is 9.59. The SMILES string of the molecule is CCC(=O)N(CCO)c1ccc(C(=O)O)cc1. The number of carbonyl (C=O) groups is 2. The molecule has 1 aromatic carbocycles. The molecule has 0 saturated heterocycles. The molecule has 2 N–H and O–H groups in total. The Balaban J connectivity index is 2.94. The minimum atomic E-state index is -1.01. The van der Waals surface area contributed by atoms with Gasteiger partial charge in [0.1, 0.15) is 0 Å². The molecular weight excluding hydrogens is 222 g/mol. The van der Waals surface area contributed by atoms with Crippen LogP contribution in [0.2, 0.25) is 0 Å². The molecule has 1 aromatic rings. The van der Waals surface area contributed by atoms with Gasteiger partial charge in [-0.15, -0.1) is 0 Å². The Morgan fingerprint density at radius 3 is 2.24 bits per heavy atom. The van der Waals surface area contributed by atoms with Gasteiger partial charge < -0.3 is 15.1 Å². The summed E-state index contributed by atoms with van der Waals surface area (Å²) in [6, 6.07) is 6.00. The Hall–Kier alpha value is -1.88. The second-order valence-electron chi connectivity index (χ2n) is 3.47. The molecule has 92 valence electrons. The van der Waals surface area contributed by atoms with E-state index in [2.05, 4.69) is 0 Å². The van der Waals surface area contributed by atoms with Gasteiger partial charge in [-0.2, -0.15) is 0 Å². The topological polar surface area (TPSA) is 77.8 Å². The molecule has 5 heteroatoms. The number of carboxylic acid groups (broad SMARTS) is 1. The first-order valence-corrected chi connectivity index (χ1v) is 5.34. The summed E-state index contributed by atoms with van der Waals surface area (Å²) in [5, 5.41) is 17.6. The van der Waals surface area contributed by atoms with Crippen LogP contribution in [0.1, 0.15) is 23.7 Å². The molecule has 1 amide bonds. The van der Waals surface area contributed by atoms with Crippen LogP contribution in [0.3, 0.4) is 0 Å². The molecule has 0 aliphatic rings. The summed E-state index contributed by atoms with van der Waals surface area (Å²) in [6.45, 7) is 1.81. The van der Waals surface area contributed by atoms with Crippen molar-refractivity contribution in [2.75, 3.05) is 18.1 Å². The molecule has 0 fully saturated rings. The molecule has 0 bridgehead atoms. The number of hydrogen-bond acceptors (Lipinski definition) is 3. The van der Waals surface area contributed by atoms with E-state index in [1.165, 1.54) is 17.0 Å². The highest BCUT2D eigenvalue weighted by molar-refractivity contribution is 5.94. The number of anilines is 1. The Morgan fingerprint density at radius 1 is 1.24 bits per heavy atom. The maximum Gasteiger partial charge on any atom is 0.335 e. The number of rotatable bonds is 5. The number of carbonyl (C=O) groups excluding carboxylic acids is 1. The molecule has 0 heterocycles. The van der Waals surface area contributed by atoms with Crippen LogP contribution >= 0.6 is 0 Å². The second kappa shape index (κ2) is 6.00. The van der Waals surface area contributed by atoms with E-state index in [1.807, 2.05) is 0 Å². The van der Waals surface area contributed by atoms with Gasteiger partial charge in [-0.25, -0.2) is 4.79 Å². The number of benzene rings is 1. The van der Waals surface area contributed by atoms with E-state index in [-0.39, 0.29) is 24.6 Å². The minimum Gasteiger partial charge on any atom is -0.478 e. The van der Waals surface area contributed by atoms with E-state index in [0.717, 1.165) is 0 Å². The van der Waals surface area contributed by atoms with Crippen molar-refractivity contribution in [1.82, 2.24) is 0 Å². The quantitative estimate of drug-likeness (QED) is 0.804. The van der Waals surface area contributed by atoms with Crippen molar-refractivity contribution in [2.24, 2.45) is 0 Å². The molecule has 1 rings (SSSR count). The van der Waals surface area contributed by atoms with Gasteiger partial charge in [0.2, 0.25) is 5.91 Å². The summed E-state index contributed by atoms with van der Waals surface area (Å²) in [4.78, 5) is 23.7. The fraction of sp³-hybridized carbons (Fsp3) is 0.333. The number of aliphatic hydroxyl groups is 1. The molecule has 5 nitrogen and oxygen atoms in total. The lowest BCUT2D eigenvalue weighted by Crippen LogP contribution is -2.32. The van der Waals surface area contributed by atoms with Crippen LogP contribution in [0.25, 0.3) is 0 Å². The number of nitrogens with zero attached hydrogens (tertiary/aromatic N) is 1. The monoisotopic (exact) mass is 237 g/mol. The van der Waals surface area contributed by atoms with Crippen LogP contribution < -0.4 is 4.90 Å². The Morgan fingerprint density at radius 2 is 1.82 bits per heavy atom. The van der Waals surface area contributed by atoms with Crippen molar-refractivity contribution in [3.63, 3.8) is 0 Å². The van der Waals surface area contributed by atoms with Crippen molar-refractivity contribution < 1.29 is 19.8 Å². The number of aromatic carboxylic acids is 1. The predicted molar refractivity (Wildman–Crippen MR) is 63.1 cm³/mol. The van der Waals surface area contributed by atoms with Gasteiger partial charge in [0.05, 0.1) is 12.2 Å². The number of carboxylic acids is 1. The first-order valence-electron chi connectivity index (χ1n) is 5.34. The summed E-state index contributed by atoms with van der Waals surface area (Å²) in [5.74, 6) is -1.12. The molecule has 0 aliphatic carbocycles. The van der Waals surface area contributed by atoms with E-state index in [9.17, 15) is 9.59 Å². The maximum atomic E-state index is 11.6. The summed E-state index contributed by atoms with van der Waals surface area (Å²) in [7, 11) is 0. The van der Waals surface area contributed by atoms with Crippen LogP contribution in [0.15, 0.2) is 24.3 Å². The third-order valence-electron chi connectivity index (χ3n) is 2.35. The summed E-state index contributed by atoms with van der Waals surface area (Å²) < 4.78 is 0.